The molecule has 0 amide bonds. The molecule has 2 N–H and O–H groups in total. The fraction of sp³-hybridized carbons (Fsp3) is 0.682. The lowest BCUT2D eigenvalue weighted by Gasteiger charge is -2.34. The van der Waals surface area contributed by atoms with E-state index in [1.54, 1.807) is 12.4 Å². The van der Waals surface area contributed by atoms with E-state index in [0.717, 1.165) is 60.5 Å². The van der Waals surface area contributed by atoms with Crippen molar-refractivity contribution in [2.75, 3.05) is 23.7 Å². The van der Waals surface area contributed by atoms with Gasteiger partial charge in [0.2, 0.25) is 5.95 Å². The van der Waals surface area contributed by atoms with Crippen LogP contribution in [0, 0.1) is 18.8 Å². The van der Waals surface area contributed by atoms with Gasteiger partial charge in [0.25, 0.3) is 0 Å². The van der Waals surface area contributed by atoms with Crippen LogP contribution < -0.4 is 10.6 Å². The van der Waals surface area contributed by atoms with Gasteiger partial charge in [-0.2, -0.15) is 10.1 Å². The third-order valence-corrected chi connectivity index (χ3v) is 9.38. The van der Waals surface area contributed by atoms with Gasteiger partial charge in [0.05, 0.1) is 22.1 Å². The molecule has 3 atom stereocenters. The largest absolute Gasteiger partial charge is 0.598 e. The number of rotatable bonds is 7. The van der Waals surface area contributed by atoms with Gasteiger partial charge in [-0.1, -0.05) is 13.8 Å². The van der Waals surface area contributed by atoms with Crippen molar-refractivity contribution in [3.63, 3.8) is 0 Å². The molecule has 2 aromatic heterocycles. The number of aromatic nitrogens is 4. The predicted octanol–water partition coefficient (Wildman–Crippen LogP) is 4.39. The van der Waals surface area contributed by atoms with Crippen LogP contribution in [0.1, 0.15) is 51.6 Å². The van der Waals surface area contributed by atoms with Crippen molar-refractivity contribution >= 4 is 44.7 Å². The number of halogens is 1. The molecule has 2 aromatic rings. The maximum Gasteiger partial charge on any atom is 0.224 e. The quantitative estimate of drug-likeness (QED) is 0.519. The Morgan fingerprint density at radius 2 is 1.94 bits per heavy atom. The van der Waals surface area contributed by atoms with Gasteiger partial charge in [-0.3, -0.25) is 4.68 Å². The van der Waals surface area contributed by atoms with E-state index in [-0.39, 0.29) is 6.04 Å². The van der Waals surface area contributed by atoms with Crippen molar-refractivity contribution in [3.05, 3.63) is 22.6 Å². The Kier molecular flexibility index (Phi) is 7.64. The van der Waals surface area contributed by atoms with Gasteiger partial charge in [0.15, 0.2) is 0 Å². The van der Waals surface area contributed by atoms with Gasteiger partial charge in [0.1, 0.15) is 11.1 Å². The molecular weight excluding hydrogens is 490 g/mol. The third kappa shape index (κ3) is 5.40. The number of hydrogen-bond donors (Lipinski definition) is 2. The molecule has 3 unspecified atom stereocenters. The molecular formula is C22H34BrN7OS. The zero-order valence-electron chi connectivity index (χ0n) is 19.3. The highest BCUT2D eigenvalue weighted by atomic mass is 79.9. The van der Waals surface area contributed by atoms with Crippen molar-refractivity contribution < 1.29 is 4.55 Å². The second kappa shape index (κ2) is 10.3. The van der Waals surface area contributed by atoms with E-state index in [1.165, 1.54) is 6.42 Å². The minimum absolute atomic E-state index is 0.282. The summed E-state index contributed by atoms with van der Waals surface area (Å²) in [5.41, 5.74) is 1.95. The van der Waals surface area contributed by atoms with Crippen molar-refractivity contribution in [2.24, 2.45) is 18.9 Å². The summed E-state index contributed by atoms with van der Waals surface area (Å²) in [6.07, 6.45) is 8.88. The zero-order valence-corrected chi connectivity index (χ0v) is 21.7. The van der Waals surface area contributed by atoms with Crippen LogP contribution in [0.5, 0.6) is 0 Å². The summed E-state index contributed by atoms with van der Waals surface area (Å²) >= 11 is 2.67. The highest BCUT2D eigenvalue weighted by molar-refractivity contribution is 9.10. The predicted molar refractivity (Wildman–Crippen MR) is 133 cm³/mol. The van der Waals surface area contributed by atoms with Crippen molar-refractivity contribution in [2.45, 2.75) is 64.2 Å². The highest BCUT2D eigenvalue weighted by Gasteiger charge is 2.39. The van der Waals surface area contributed by atoms with Crippen LogP contribution in [-0.2, 0) is 18.4 Å². The number of anilines is 3. The van der Waals surface area contributed by atoms with E-state index >= 15 is 0 Å². The van der Waals surface area contributed by atoms with Gasteiger partial charge in [-0.25, -0.2) is 4.98 Å². The first-order valence-corrected chi connectivity index (χ1v) is 13.5. The van der Waals surface area contributed by atoms with E-state index in [9.17, 15) is 4.55 Å². The normalized spacial score (nSPS) is 23.6. The Hall–Kier alpha value is -1.36. The first kappa shape index (κ1) is 23.8. The number of nitrogens with zero attached hydrogens (tertiary/aromatic N) is 5. The Morgan fingerprint density at radius 1 is 1.19 bits per heavy atom. The van der Waals surface area contributed by atoms with Crippen LogP contribution in [0.15, 0.2) is 16.9 Å². The molecule has 2 fully saturated rings. The SMILES string of the molecule is Cc1c(Nc2nc(NC3CCN([S+]([O-])C4CCC(C(C)C)C4)CC3)ncc2Br)cnn1C. The van der Waals surface area contributed by atoms with E-state index in [2.05, 4.69) is 59.8 Å². The lowest BCUT2D eigenvalue weighted by atomic mass is 9.95. The Labute approximate surface area is 202 Å². The smallest absolute Gasteiger partial charge is 0.224 e. The zero-order chi connectivity index (χ0) is 22.8. The van der Waals surface area contributed by atoms with Gasteiger partial charge in [-0.15, -0.1) is 4.31 Å². The van der Waals surface area contributed by atoms with Crippen molar-refractivity contribution in [1.29, 1.82) is 0 Å². The summed E-state index contributed by atoms with van der Waals surface area (Å²) in [7, 11) is 1.91. The molecule has 10 heteroatoms. The maximum absolute atomic E-state index is 13.1. The van der Waals surface area contributed by atoms with Crippen LogP contribution in [0.4, 0.5) is 17.5 Å². The molecule has 0 radical (unpaired) electrons. The topological polar surface area (TPSA) is 94.0 Å². The lowest BCUT2D eigenvalue weighted by molar-refractivity contribution is 0.323. The standard InChI is InChI=1S/C22H34BrN7OS/c1-14(2)16-5-6-18(11-16)32(31)30-9-7-17(8-10-30)26-22-24-12-19(23)21(28-22)27-20-13-25-29(4)15(20)3/h12-14,16-18H,5-11H2,1-4H3,(H2,24,26,27,28). The molecule has 0 spiro atoms. The van der Waals surface area contributed by atoms with Crippen LogP contribution in [0.25, 0.3) is 0 Å². The van der Waals surface area contributed by atoms with Crippen molar-refractivity contribution in [3.8, 4) is 0 Å². The lowest BCUT2D eigenvalue weighted by Crippen LogP contribution is -2.45. The minimum atomic E-state index is -0.860. The van der Waals surface area contributed by atoms with Crippen LogP contribution in [0.2, 0.25) is 0 Å². The highest BCUT2D eigenvalue weighted by Crippen LogP contribution is 2.37. The number of nitrogens with one attached hydrogen (secondary N) is 2. The van der Waals surface area contributed by atoms with Crippen LogP contribution >= 0.6 is 15.9 Å². The van der Waals surface area contributed by atoms with Gasteiger partial charge in [-0.05, 0) is 66.8 Å². The third-order valence-electron chi connectivity index (χ3n) is 6.93. The Morgan fingerprint density at radius 3 is 2.56 bits per heavy atom. The van der Waals surface area contributed by atoms with Crippen molar-refractivity contribution in [1.82, 2.24) is 24.1 Å². The number of piperidine rings is 1. The number of aryl methyl sites for hydroxylation is 1. The molecule has 1 aliphatic heterocycles. The van der Waals surface area contributed by atoms with Gasteiger partial charge < -0.3 is 15.2 Å². The second-order valence-electron chi connectivity index (χ2n) is 9.35. The molecule has 3 heterocycles. The molecule has 4 rings (SSSR count). The Balaban J connectivity index is 1.31. The minimum Gasteiger partial charge on any atom is -0.598 e. The summed E-state index contributed by atoms with van der Waals surface area (Å²) in [6.45, 7) is 8.29. The molecule has 2 aliphatic rings. The van der Waals surface area contributed by atoms with Crippen LogP contribution in [0.3, 0.4) is 0 Å². The first-order chi connectivity index (χ1) is 15.3. The van der Waals surface area contributed by atoms with Gasteiger partial charge in [0, 0.05) is 43.7 Å². The van der Waals surface area contributed by atoms with E-state index in [4.69, 9.17) is 0 Å². The summed E-state index contributed by atoms with van der Waals surface area (Å²) in [5.74, 6) is 2.74. The molecule has 1 aliphatic carbocycles. The number of hydrogen-bond acceptors (Lipinski definition) is 7. The summed E-state index contributed by atoms with van der Waals surface area (Å²) < 4.78 is 17.9. The van der Waals surface area contributed by atoms with E-state index in [1.807, 2.05) is 18.7 Å². The molecule has 0 bridgehead atoms. The molecule has 32 heavy (non-hydrogen) atoms. The van der Waals surface area contributed by atoms with Crippen LogP contribution in [-0.4, -0.2) is 53.0 Å². The molecule has 1 saturated carbocycles. The monoisotopic (exact) mass is 523 g/mol. The fourth-order valence-corrected chi connectivity index (χ4v) is 6.64. The molecule has 1 saturated heterocycles. The molecule has 176 valence electrons. The van der Waals surface area contributed by atoms with E-state index < -0.39 is 11.4 Å². The fourth-order valence-electron chi connectivity index (χ4n) is 4.61. The summed E-state index contributed by atoms with van der Waals surface area (Å²) in [5, 5.41) is 11.4. The Bertz CT molecular complexity index is 916. The average molecular weight is 525 g/mol. The second-order valence-corrected chi connectivity index (χ2v) is 11.9. The average Bonchev–Trinajstić information content (AvgIpc) is 3.39. The summed E-state index contributed by atoms with van der Waals surface area (Å²) in [6, 6.07) is 0.282. The summed E-state index contributed by atoms with van der Waals surface area (Å²) in [4.78, 5) is 9.10. The maximum atomic E-state index is 13.1. The molecule has 8 nitrogen and oxygen atoms in total. The first-order valence-electron chi connectivity index (χ1n) is 11.5. The molecule has 0 aromatic carbocycles. The van der Waals surface area contributed by atoms with E-state index in [0.29, 0.717) is 22.9 Å². The van der Waals surface area contributed by atoms with Gasteiger partial charge >= 0.3 is 0 Å².